The van der Waals surface area contributed by atoms with Crippen LogP contribution in [0.4, 0.5) is 5.88 Å². The van der Waals surface area contributed by atoms with Gasteiger partial charge in [-0.25, -0.2) is 5.43 Å². The Balaban J connectivity index is 2.17. The van der Waals surface area contributed by atoms with Crippen molar-refractivity contribution in [2.24, 2.45) is 5.10 Å². The number of rotatable bonds is 3. The van der Waals surface area contributed by atoms with Crippen LogP contribution in [0.25, 0.3) is 0 Å². The summed E-state index contributed by atoms with van der Waals surface area (Å²) >= 11 is 5.89. The van der Waals surface area contributed by atoms with E-state index >= 15 is 0 Å². The van der Waals surface area contributed by atoms with Gasteiger partial charge in [-0.1, -0.05) is 44.5 Å². The van der Waals surface area contributed by atoms with E-state index in [1.807, 2.05) is 39.0 Å². The van der Waals surface area contributed by atoms with Crippen LogP contribution in [0.1, 0.15) is 37.9 Å². The molecule has 0 saturated carbocycles. The lowest BCUT2D eigenvalue weighted by atomic mass is 9.97. The Morgan fingerprint density at radius 2 is 2.19 bits per heavy atom. The first-order valence-electron chi connectivity index (χ1n) is 6.36. The fraction of sp³-hybridized carbons (Fsp3) is 0.267. The highest BCUT2D eigenvalue weighted by Gasteiger charge is 2.23. The van der Waals surface area contributed by atoms with E-state index in [0.29, 0.717) is 10.9 Å². The van der Waals surface area contributed by atoms with Gasteiger partial charge in [-0.15, -0.1) is 0 Å². The molecular weight excluding hydrogens is 288 g/mol. The van der Waals surface area contributed by atoms with Gasteiger partial charge in [0.15, 0.2) is 0 Å². The van der Waals surface area contributed by atoms with E-state index in [1.54, 1.807) is 18.3 Å². The lowest BCUT2D eigenvalue weighted by Crippen LogP contribution is -2.11. The SMILES string of the molecule is CC(C)(C)c1nc(C#N)c(NN=Cc2cccc(Cl)c2)o1. The number of benzene rings is 1. The average Bonchev–Trinajstić information content (AvgIpc) is 2.82. The third kappa shape index (κ3) is 3.83. The van der Waals surface area contributed by atoms with Gasteiger partial charge >= 0.3 is 0 Å². The summed E-state index contributed by atoms with van der Waals surface area (Å²) in [5.74, 6) is 0.722. The van der Waals surface area contributed by atoms with Crippen molar-refractivity contribution in [3.63, 3.8) is 0 Å². The van der Waals surface area contributed by atoms with Crippen molar-refractivity contribution in [2.45, 2.75) is 26.2 Å². The number of nitriles is 1. The highest BCUT2D eigenvalue weighted by atomic mass is 35.5. The van der Waals surface area contributed by atoms with E-state index in [-0.39, 0.29) is 17.0 Å². The van der Waals surface area contributed by atoms with Crippen LogP contribution in [0.2, 0.25) is 5.02 Å². The third-order valence-corrected chi connectivity index (χ3v) is 2.84. The molecular formula is C15H15ClN4O. The molecule has 0 aliphatic rings. The molecule has 0 bridgehead atoms. The van der Waals surface area contributed by atoms with Crippen molar-refractivity contribution in [1.82, 2.24) is 4.98 Å². The normalized spacial score (nSPS) is 11.6. The van der Waals surface area contributed by atoms with Crippen LogP contribution in [0.15, 0.2) is 33.8 Å². The summed E-state index contributed by atoms with van der Waals surface area (Å²) in [4.78, 5) is 4.15. The van der Waals surface area contributed by atoms with Crippen molar-refractivity contribution < 1.29 is 4.42 Å². The minimum absolute atomic E-state index is 0.183. The maximum absolute atomic E-state index is 9.07. The number of anilines is 1. The van der Waals surface area contributed by atoms with E-state index in [0.717, 1.165) is 5.56 Å². The van der Waals surface area contributed by atoms with E-state index in [9.17, 15) is 0 Å². The van der Waals surface area contributed by atoms with Gasteiger partial charge in [0.05, 0.1) is 6.21 Å². The Morgan fingerprint density at radius 1 is 1.43 bits per heavy atom. The van der Waals surface area contributed by atoms with Gasteiger partial charge in [-0.2, -0.15) is 15.3 Å². The first kappa shape index (κ1) is 15.1. The second-order valence-corrected chi connectivity index (χ2v) is 5.92. The topological polar surface area (TPSA) is 74.2 Å². The van der Waals surface area contributed by atoms with Crippen LogP contribution in [-0.4, -0.2) is 11.2 Å². The Hall–Kier alpha value is -2.32. The molecule has 0 fully saturated rings. The van der Waals surface area contributed by atoms with Crippen molar-refractivity contribution >= 4 is 23.7 Å². The van der Waals surface area contributed by atoms with Gasteiger partial charge in [0.25, 0.3) is 5.88 Å². The molecule has 0 spiro atoms. The number of nitrogens with zero attached hydrogens (tertiary/aromatic N) is 3. The largest absolute Gasteiger partial charge is 0.421 e. The maximum Gasteiger partial charge on any atom is 0.252 e. The van der Waals surface area contributed by atoms with Crippen LogP contribution < -0.4 is 5.43 Å². The van der Waals surface area contributed by atoms with Crippen molar-refractivity contribution in [3.8, 4) is 6.07 Å². The predicted octanol–water partition coefficient (Wildman–Crippen LogP) is 3.94. The van der Waals surface area contributed by atoms with Crippen molar-refractivity contribution in [1.29, 1.82) is 5.26 Å². The average molecular weight is 303 g/mol. The monoisotopic (exact) mass is 302 g/mol. The summed E-state index contributed by atoms with van der Waals surface area (Å²) in [6, 6.07) is 9.24. The molecule has 21 heavy (non-hydrogen) atoms. The van der Waals surface area contributed by atoms with Gasteiger partial charge in [0.1, 0.15) is 6.07 Å². The molecule has 2 aromatic rings. The van der Waals surface area contributed by atoms with Crippen LogP contribution >= 0.6 is 11.6 Å². The number of oxazole rings is 1. The molecule has 0 aliphatic carbocycles. The summed E-state index contributed by atoms with van der Waals surface area (Å²) in [6.07, 6.45) is 1.59. The minimum atomic E-state index is -0.276. The van der Waals surface area contributed by atoms with Gasteiger partial charge in [0.2, 0.25) is 11.6 Å². The highest BCUT2D eigenvalue weighted by molar-refractivity contribution is 6.30. The van der Waals surface area contributed by atoms with E-state index < -0.39 is 0 Å². The van der Waals surface area contributed by atoms with Crippen molar-refractivity contribution in [2.75, 3.05) is 5.43 Å². The smallest absolute Gasteiger partial charge is 0.252 e. The number of nitrogens with one attached hydrogen (secondary N) is 1. The predicted molar refractivity (Wildman–Crippen MR) is 82.6 cm³/mol. The zero-order valence-corrected chi connectivity index (χ0v) is 12.8. The molecule has 0 radical (unpaired) electrons. The van der Waals surface area contributed by atoms with Crippen LogP contribution in [-0.2, 0) is 5.41 Å². The Kier molecular flexibility index (Phi) is 4.29. The number of hydrazone groups is 1. The van der Waals surface area contributed by atoms with Gasteiger partial charge in [0, 0.05) is 10.4 Å². The third-order valence-electron chi connectivity index (χ3n) is 2.60. The molecule has 108 valence electrons. The molecule has 0 saturated heterocycles. The zero-order valence-electron chi connectivity index (χ0n) is 12.0. The highest BCUT2D eigenvalue weighted by Crippen LogP contribution is 2.26. The number of hydrogen-bond acceptors (Lipinski definition) is 5. The van der Waals surface area contributed by atoms with Gasteiger partial charge < -0.3 is 4.42 Å². The number of hydrogen-bond donors (Lipinski definition) is 1. The zero-order chi connectivity index (χ0) is 15.5. The van der Waals surface area contributed by atoms with Crippen LogP contribution in [0, 0.1) is 11.3 Å². The molecule has 1 aromatic heterocycles. The Morgan fingerprint density at radius 3 is 2.81 bits per heavy atom. The second kappa shape index (κ2) is 5.98. The summed E-state index contributed by atoms with van der Waals surface area (Å²) < 4.78 is 5.55. The summed E-state index contributed by atoms with van der Waals surface area (Å²) in [5, 5.41) is 13.7. The molecule has 0 amide bonds. The molecule has 1 heterocycles. The summed E-state index contributed by atoms with van der Waals surface area (Å²) in [5.41, 5.74) is 3.44. The molecule has 0 aliphatic heterocycles. The van der Waals surface area contributed by atoms with E-state index in [4.69, 9.17) is 21.3 Å². The Bertz CT molecular complexity index is 707. The summed E-state index contributed by atoms with van der Waals surface area (Å²) in [7, 11) is 0. The number of aromatic nitrogens is 1. The lowest BCUT2D eigenvalue weighted by molar-refractivity contribution is 0.399. The lowest BCUT2D eigenvalue weighted by Gasteiger charge is -2.11. The van der Waals surface area contributed by atoms with Gasteiger partial charge in [-0.3, -0.25) is 0 Å². The molecule has 1 aromatic carbocycles. The van der Waals surface area contributed by atoms with Crippen molar-refractivity contribution in [3.05, 3.63) is 46.4 Å². The molecule has 1 N–H and O–H groups in total. The molecule has 6 heteroatoms. The van der Waals surface area contributed by atoms with E-state index in [1.165, 1.54) is 0 Å². The molecule has 5 nitrogen and oxygen atoms in total. The van der Waals surface area contributed by atoms with Crippen LogP contribution in [0.3, 0.4) is 0 Å². The van der Waals surface area contributed by atoms with Gasteiger partial charge in [-0.05, 0) is 17.7 Å². The van der Waals surface area contributed by atoms with E-state index in [2.05, 4.69) is 15.5 Å². The maximum atomic E-state index is 9.07. The quantitative estimate of drug-likeness (QED) is 0.688. The molecule has 0 atom stereocenters. The molecule has 0 unspecified atom stereocenters. The fourth-order valence-corrected chi connectivity index (χ4v) is 1.74. The van der Waals surface area contributed by atoms with Crippen LogP contribution in [0.5, 0.6) is 0 Å². The first-order valence-corrected chi connectivity index (χ1v) is 6.74. The Labute approximate surface area is 128 Å². The minimum Gasteiger partial charge on any atom is -0.421 e. The second-order valence-electron chi connectivity index (χ2n) is 5.48. The standard InChI is InChI=1S/C15H15ClN4O/c1-15(2,3)14-19-12(8-17)13(21-14)20-18-9-10-5-4-6-11(16)7-10/h4-7,9,20H,1-3H3. The summed E-state index contributed by atoms with van der Waals surface area (Å²) in [6.45, 7) is 5.87. The molecule has 2 rings (SSSR count). The fourth-order valence-electron chi connectivity index (χ4n) is 1.54. The number of halogens is 1. The first-order chi connectivity index (χ1) is 9.90.